The van der Waals surface area contributed by atoms with Crippen LogP contribution >= 0.6 is 0 Å². The molecule has 0 radical (unpaired) electrons. The number of hydrogen-bond acceptors (Lipinski definition) is 5. The maximum atomic E-state index is 13.8. The van der Waals surface area contributed by atoms with Gasteiger partial charge in [0, 0.05) is 31.0 Å². The number of amides is 2. The molecule has 4 aromatic rings. The molecule has 0 unspecified atom stereocenters. The Bertz CT molecular complexity index is 1270. The minimum Gasteiger partial charge on any atom is -0.354 e. The smallest absolute Gasteiger partial charge is 0.247 e. The van der Waals surface area contributed by atoms with Crippen LogP contribution < -0.4 is 5.32 Å². The molecule has 0 saturated carbocycles. The monoisotopic (exact) mass is 484 g/mol. The highest BCUT2D eigenvalue weighted by Crippen LogP contribution is 2.23. The zero-order chi connectivity index (χ0) is 25.3. The summed E-state index contributed by atoms with van der Waals surface area (Å²) in [4.78, 5) is 33.2. The van der Waals surface area contributed by atoms with Crippen LogP contribution in [-0.2, 0) is 22.6 Å². The summed E-state index contributed by atoms with van der Waals surface area (Å²) in [6, 6.07) is 20.3. The number of carbonyl (C=O) groups excluding carboxylic acids is 2. The first-order valence-electron chi connectivity index (χ1n) is 12.3. The summed E-state index contributed by atoms with van der Waals surface area (Å²) >= 11 is 0. The van der Waals surface area contributed by atoms with E-state index in [2.05, 4.69) is 34.5 Å². The van der Waals surface area contributed by atoms with Crippen molar-refractivity contribution in [1.82, 2.24) is 30.2 Å². The van der Waals surface area contributed by atoms with Gasteiger partial charge in [-0.3, -0.25) is 14.6 Å². The molecule has 0 spiro atoms. The molecule has 0 fully saturated rings. The summed E-state index contributed by atoms with van der Waals surface area (Å²) in [6.07, 6.45) is 4.78. The summed E-state index contributed by atoms with van der Waals surface area (Å²) in [5.74, 6) is 0.0292. The average Bonchev–Trinajstić information content (AvgIpc) is 3.30. The van der Waals surface area contributed by atoms with Crippen LogP contribution in [0.2, 0.25) is 0 Å². The van der Waals surface area contributed by atoms with Gasteiger partial charge in [-0.05, 0) is 42.5 Å². The van der Waals surface area contributed by atoms with Crippen LogP contribution in [0.3, 0.4) is 0 Å². The Morgan fingerprint density at radius 2 is 1.78 bits per heavy atom. The van der Waals surface area contributed by atoms with Crippen LogP contribution in [0.4, 0.5) is 0 Å². The molecule has 8 heteroatoms. The van der Waals surface area contributed by atoms with Gasteiger partial charge in [0.15, 0.2) is 0 Å². The quantitative estimate of drug-likeness (QED) is 0.350. The number of nitrogens with one attached hydrogen (secondary N) is 1. The van der Waals surface area contributed by atoms with E-state index in [9.17, 15) is 9.59 Å². The van der Waals surface area contributed by atoms with Gasteiger partial charge in [-0.2, -0.15) is 0 Å². The molecule has 2 aromatic carbocycles. The van der Waals surface area contributed by atoms with Gasteiger partial charge in [-0.1, -0.05) is 67.6 Å². The van der Waals surface area contributed by atoms with Gasteiger partial charge in [0.05, 0.1) is 5.52 Å². The van der Waals surface area contributed by atoms with E-state index in [1.165, 1.54) is 0 Å². The summed E-state index contributed by atoms with van der Waals surface area (Å²) in [5.41, 5.74) is 3.25. The summed E-state index contributed by atoms with van der Waals surface area (Å²) in [7, 11) is 0. The molecule has 0 bridgehead atoms. The van der Waals surface area contributed by atoms with Gasteiger partial charge in [0.2, 0.25) is 11.8 Å². The fraction of sp³-hybridized carbons (Fsp3) is 0.321. The number of carbonyl (C=O) groups is 2. The number of benzene rings is 2. The maximum absolute atomic E-state index is 13.8. The van der Waals surface area contributed by atoms with Crippen LogP contribution in [0.15, 0.2) is 79.1 Å². The first-order valence-corrected chi connectivity index (χ1v) is 12.3. The molecular formula is C28H32N6O2. The van der Waals surface area contributed by atoms with Gasteiger partial charge in [0.25, 0.3) is 0 Å². The van der Waals surface area contributed by atoms with Gasteiger partial charge in [-0.25, -0.2) is 4.68 Å². The van der Waals surface area contributed by atoms with Crippen molar-refractivity contribution in [2.75, 3.05) is 13.1 Å². The summed E-state index contributed by atoms with van der Waals surface area (Å²) < 4.78 is 1.59. The molecule has 0 saturated heterocycles. The van der Waals surface area contributed by atoms with Gasteiger partial charge < -0.3 is 10.2 Å². The van der Waals surface area contributed by atoms with Crippen molar-refractivity contribution >= 4 is 22.8 Å². The molecule has 36 heavy (non-hydrogen) atoms. The number of hydrogen-bond donors (Lipinski definition) is 1. The van der Waals surface area contributed by atoms with E-state index in [-0.39, 0.29) is 18.4 Å². The lowest BCUT2D eigenvalue weighted by atomic mass is 10.0. The third-order valence-corrected chi connectivity index (χ3v) is 6.09. The van der Waals surface area contributed by atoms with Crippen LogP contribution in [0.25, 0.3) is 11.0 Å². The highest BCUT2D eigenvalue weighted by Gasteiger charge is 2.32. The lowest BCUT2D eigenvalue weighted by molar-refractivity contribution is -0.141. The van der Waals surface area contributed by atoms with Crippen molar-refractivity contribution < 1.29 is 9.59 Å². The normalized spacial score (nSPS) is 12.0. The molecule has 2 amide bonds. The van der Waals surface area contributed by atoms with Crippen LogP contribution in [0, 0.1) is 5.92 Å². The van der Waals surface area contributed by atoms with Crippen molar-refractivity contribution in [2.24, 2.45) is 5.92 Å². The number of fused-ring (bicyclic) bond motifs is 1. The van der Waals surface area contributed by atoms with E-state index in [4.69, 9.17) is 0 Å². The SMILES string of the molecule is CC(C)CCNC(=O)[C@H](c1cccnc1)N(CCc1ccccc1)C(=O)Cn1nnc2ccccc21. The predicted octanol–water partition coefficient (Wildman–Crippen LogP) is 3.80. The molecule has 0 aliphatic carbocycles. The Morgan fingerprint density at radius 3 is 2.53 bits per heavy atom. The lowest BCUT2D eigenvalue weighted by Crippen LogP contribution is -2.46. The number of rotatable bonds is 11. The van der Waals surface area contributed by atoms with Crippen LogP contribution in [0.1, 0.15) is 37.4 Å². The average molecular weight is 485 g/mol. The lowest BCUT2D eigenvalue weighted by Gasteiger charge is -2.31. The highest BCUT2D eigenvalue weighted by atomic mass is 16.2. The molecule has 0 aliphatic heterocycles. The van der Waals surface area contributed by atoms with Gasteiger partial charge in [-0.15, -0.1) is 5.10 Å². The van der Waals surface area contributed by atoms with Crippen LogP contribution in [0.5, 0.6) is 0 Å². The Balaban J connectivity index is 1.64. The standard InChI is InChI=1S/C28H32N6O2/c1-21(2)14-17-30-28(36)27(23-11-8-16-29-19-23)33(18-15-22-9-4-3-5-10-22)26(35)20-34-25-13-7-6-12-24(25)31-32-34/h3-13,16,19,21,27H,14-15,17-18,20H2,1-2H3,(H,30,36)/t27-/m0/s1. The van der Waals surface area contributed by atoms with E-state index in [1.54, 1.807) is 28.0 Å². The Hall–Kier alpha value is -4.07. The second-order valence-corrected chi connectivity index (χ2v) is 9.22. The molecule has 8 nitrogen and oxygen atoms in total. The fourth-order valence-corrected chi connectivity index (χ4v) is 4.14. The van der Waals surface area contributed by atoms with Gasteiger partial charge >= 0.3 is 0 Å². The number of para-hydroxylation sites is 1. The second-order valence-electron chi connectivity index (χ2n) is 9.22. The minimum absolute atomic E-state index is 0.0225. The Morgan fingerprint density at radius 1 is 1.00 bits per heavy atom. The highest BCUT2D eigenvalue weighted by molar-refractivity contribution is 5.89. The first-order chi connectivity index (χ1) is 17.5. The number of pyridine rings is 1. The molecule has 186 valence electrons. The topological polar surface area (TPSA) is 93.0 Å². The molecule has 1 atom stereocenters. The predicted molar refractivity (Wildman–Crippen MR) is 139 cm³/mol. The van der Waals surface area contributed by atoms with Crippen molar-refractivity contribution in [3.8, 4) is 0 Å². The van der Waals surface area contributed by atoms with Crippen molar-refractivity contribution in [3.63, 3.8) is 0 Å². The third-order valence-electron chi connectivity index (χ3n) is 6.09. The second kappa shape index (κ2) is 12.1. The fourth-order valence-electron chi connectivity index (χ4n) is 4.14. The maximum Gasteiger partial charge on any atom is 0.247 e. The molecule has 2 heterocycles. The molecule has 2 aromatic heterocycles. The van der Waals surface area contributed by atoms with Crippen molar-refractivity contribution in [1.29, 1.82) is 0 Å². The largest absolute Gasteiger partial charge is 0.354 e. The summed E-state index contributed by atoms with van der Waals surface area (Å²) in [6.45, 7) is 5.12. The molecule has 4 rings (SSSR count). The molecule has 0 aliphatic rings. The Labute approximate surface area is 211 Å². The number of nitrogens with zero attached hydrogens (tertiary/aromatic N) is 5. The van der Waals surface area contributed by atoms with Crippen molar-refractivity contribution in [3.05, 3.63) is 90.3 Å². The van der Waals surface area contributed by atoms with E-state index < -0.39 is 6.04 Å². The Kier molecular flexibility index (Phi) is 8.39. The van der Waals surface area contributed by atoms with Crippen LogP contribution in [-0.4, -0.2) is 49.8 Å². The van der Waals surface area contributed by atoms with E-state index in [0.717, 1.165) is 23.0 Å². The number of aromatic nitrogens is 4. The van der Waals surface area contributed by atoms with Gasteiger partial charge in [0.1, 0.15) is 18.1 Å². The third kappa shape index (κ3) is 6.33. The zero-order valence-corrected chi connectivity index (χ0v) is 20.7. The van der Waals surface area contributed by atoms with E-state index in [0.29, 0.717) is 31.0 Å². The van der Waals surface area contributed by atoms with E-state index in [1.807, 2.05) is 60.7 Å². The van der Waals surface area contributed by atoms with E-state index >= 15 is 0 Å². The first kappa shape index (κ1) is 25.0. The summed E-state index contributed by atoms with van der Waals surface area (Å²) in [5, 5.41) is 11.4. The zero-order valence-electron chi connectivity index (χ0n) is 20.7. The van der Waals surface area contributed by atoms with Crippen molar-refractivity contribution in [2.45, 2.75) is 39.3 Å². The minimum atomic E-state index is -0.808. The molecule has 1 N–H and O–H groups in total. The molecular weight excluding hydrogens is 452 g/mol.